The zero-order valence-electron chi connectivity index (χ0n) is 10.6. The van der Waals surface area contributed by atoms with Crippen LogP contribution in [-0.2, 0) is 14.6 Å². The molecule has 1 fully saturated rings. The molecule has 1 aliphatic rings. The molecule has 0 radical (unpaired) electrons. The van der Waals surface area contributed by atoms with Gasteiger partial charge in [-0.15, -0.1) is 0 Å². The Labute approximate surface area is 107 Å². The molecule has 2 unspecified atom stereocenters. The first kappa shape index (κ1) is 13.3. The Morgan fingerprint density at radius 3 is 2.94 bits per heavy atom. The summed E-state index contributed by atoms with van der Waals surface area (Å²) >= 11 is 0. The van der Waals surface area contributed by atoms with E-state index in [9.17, 15) is 8.42 Å². The van der Waals surface area contributed by atoms with E-state index in [1.54, 1.807) is 18.3 Å². The van der Waals surface area contributed by atoms with E-state index >= 15 is 0 Å². The van der Waals surface area contributed by atoms with Gasteiger partial charge < -0.3 is 10.1 Å². The number of sulfone groups is 1. The SMILES string of the molecule is CC1OCCC1CNc1ncccc1S(C)(=O)=O. The summed E-state index contributed by atoms with van der Waals surface area (Å²) in [4.78, 5) is 4.35. The van der Waals surface area contributed by atoms with Crippen molar-refractivity contribution in [1.29, 1.82) is 0 Å². The molecular weight excluding hydrogens is 252 g/mol. The van der Waals surface area contributed by atoms with E-state index in [1.807, 2.05) is 6.92 Å². The van der Waals surface area contributed by atoms with Gasteiger partial charge in [-0.3, -0.25) is 0 Å². The fourth-order valence-corrected chi connectivity index (χ4v) is 2.90. The second kappa shape index (κ2) is 5.24. The summed E-state index contributed by atoms with van der Waals surface area (Å²) in [6.45, 7) is 3.49. The number of nitrogens with one attached hydrogen (secondary N) is 1. The molecule has 0 saturated carbocycles. The number of nitrogens with zero attached hydrogens (tertiary/aromatic N) is 1. The molecule has 1 aromatic rings. The molecule has 0 amide bonds. The largest absolute Gasteiger partial charge is 0.378 e. The van der Waals surface area contributed by atoms with Crippen molar-refractivity contribution in [2.75, 3.05) is 24.7 Å². The maximum Gasteiger partial charge on any atom is 0.179 e. The Morgan fingerprint density at radius 2 is 2.33 bits per heavy atom. The fraction of sp³-hybridized carbons (Fsp3) is 0.583. The Balaban J connectivity index is 2.10. The van der Waals surface area contributed by atoms with Gasteiger partial charge in [-0.25, -0.2) is 13.4 Å². The van der Waals surface area contributed by atoms with Crippen molar-refractivity contribution in [1.82, 2.24) is 4.98 Å². The Bertz CT molecular complexity index is 516. The standard InChI is InChI=1S/C12H18N2O3S/c1-9-10(5-7-17-9)8-14-12-11(18(2,15)16)4-3-6-13-12/h3-4,6,9-10H,5,7-8H2,1-2H3,(H,13,14). The molecular formula is C12H18N2O3S. The van der Waals surface area contributed by atoms with Gasteiger partial charge in [0.1, 0.15) is 10.7 Å². The van der Waals surface area contributed by atoms with Crippen molar-refractivity contribution < 1.29 is 13.2 Å². The average Bonchev–Trinajstić information content (AvgIpc) is 2.71. The number of anilines is 1. The molecule has 2 atom stereocenters. The van der Waals surface area contributed by atoms with Crippen molar-refractivity contribution in [2.24, 2.45) is 5.92 Å². The van der Waals surface area contributed by atoms with Crippen LogP contribution in [0.25, 0.3) is 0 Å². The summed E-state index contributed by atoms with van der Waals surface area (Å²) in [5.74, 6) is 0.832. The third-order valence-electron chi connectivity index (χ3n) is 3.24. The monoisotopic (exact) mass is 270 g/mol. The van der Waals surface area contributed by atoms with Gasteiger partial charge >= 0.3 is 0 Å². The molecule has 18 heavy (non-hydrogen) atoms. The molecule has 1 N–H and O–H groups in total. The van der Waals surface area contributed by atoms with Crippen LogP contribution < -0.4 is 5.32 Å². The topological polar surface area (TPSA) is 68.3 Å². The summed E-state index contributed by atoms with van der Waals surface area (Å²) in [6.07, 6.45) is 3.99. The van der Waals surface area contributed by atoms with E-state index in [2.05, 4.69) is 10.3 Å². The van der Waals surface area contributed by atoms with Crippen molar-refractivity contribution in [3.05, 3.63) is 18.3 Å². The predicted molar refractivity (Wildman–Crippen MR) is 69.4 cm³/mol. The summed E-state index contributed by atoms with van der Waals surface area (Å²) in [7, 11) is -3.25. The fourth-order valence-electron chi connectivity index (χ4n) is 2.09. The van der Waals surface area contributed by atoms with E-state index in [1.165, 1.54) is 6.26 Å². The summed E-state index contributed by atoms with van der Waals surface area (Å²) in [5.41, 5.74) is 0. The van der Waals surface area contributed by atoms with Crippen LogP contribution in [0.2, 0.25) is 0 Å². The summed E-state index contributed by atoms with van der Waals surface area (Å²) in [5, 5.41) is 3.12. The molecule has 0 bridgehead atoms. The maximum absolute atomic E-state index is 11.6. The van der Waals surface area contributed by atoms with Crippen molar-refractivity contribution in [3.63, 3.8) is 0 Å². The van der Waals surface area contributed by atoms with E-state index in [-0.39, 0.29) is 11.0 Å². The van der Waals surface area contributed by atoms with Crippen LogP contribution in [0.4, 0.5) is 5.82 Å². The van der Waals surface area contributed by atoms with E-state index in [0.29, 0.717) is 18.3 Å². The smallest absolute Gasteiger partial charge is 0.179 e. The van der Waals surface area contributed by atoms with Gasteiger partial charge in [0.25, 0.3) is 0 Å². The van der Waals surface area contributed by atoms with Crippen LogP contribution in [0.3, 0.4) is 0 Å². The number of hydrogen-bond donors (Lipinski definition) is 1. The van der Waals surface area contributed by atoms with Crippen LogP contribution >= 0.6 is 0 Å². The van der Waals surface area contributed by atoms with Crippen LogP contribution in [0, 0.1) is 5.92 Å². The van der Waals surface area contributed by atoms with E-state index < -0.39 is 9.84 Å². The second-order valence-corrected chi connectivity index (χ2v) is 6.61. The molecule has 1 aromatic heterocycles. The minimum Gasteiger partial charge on any atom is -0.378 e. The minimum absolute atomic E-state index is 0.211. The molecule has 100 valence electrons. The molecule has 5 nitrogen and oxygen atoms in total. The van der Waals surface area contributed by atoms with Crippen molar-refractivity contribution >= 4 is 15.7 Å². The molecule has 1 saturated heterocycles. The van der Waals surface area contributed by atoms with Gasteiger partial charge in [-0.1, -0.05) is 0 Å². The molecule has 2 heterocycles. The van der Waals surface area contributed by atoms with Crippen molar-refractivity contribution in [2.45, 2.75) is 24.3 Å². The average molecular weight is 270 g/mol. The normalized spacial score (nSPS) is 24.1. The number of ether oxygens (including phenoxy) is 1. The number of hydrogen-bond acceptors (Lipinski definition) is 5. The highest BCUT2D eigenvalue weighted by atomic mass is 32.2. The lowest BCUT2D eigenvalue weighted by molar-refractivity contribution is 0.108. The maximum atomic E-state index is 11.6. The van der Waals surface area contributed by atoms with E-state index in [0.717, 1.165) is 13.0 Å². The zero-order chi connectivity index (χ0) is 13.2. The van der Waals surface area contributed by atoms with E-state index in [4.69, 9.17) is 4.74 Å². The number of pyridine rings is 1. The number of aromatic nitrogens is 1. The Hall–Kier alpha value is -1.14. The first-order valence-electron chi connectivity index (χ1n) is 5.99. The minimum atomic E-state index is -3.25. The zero-order valence-corrected chi connectivity index (χ0v) is 11.4. The number of rotatable bonds is 4. The molecule has 2 rings (SSSR count). The lowest BCUT2D eigenvalue weighted by Gasteiger charge is -2.16. The third-order valence-corrected chi connectivity index (χ3v) is 4.36. The first-order chi connectivity index (χ1) is 8.48. The molecule has 6 heteroatoms. The highest BCUT2D eigenvalue weighted by Gasteiger charge is 2.24. The van der Waals surface area contributed by atoms with Gasteiger partial charge in [0, 0.05) is 31.5 Å². The van der Waals surface area contributed by atoms with Gasteiger partial charge in [0.2, 0.25) is 0 Å². The van der Waals surface area contributed by atoms with Crippen LogP contribution in [-0.4, -0.2) is 38.9 Å². The van der Waals surface area contributed by atoms with Gasteiger partial charge in [0.15, 0.2) is 9.84 Å². The highest BCUT2D eigenvalue weighted by molar-refractivity contribution is 7.90. The van der Waals surface area contributed by atoms with Crippen molar-refractivity contribution in [3.8, 4) is 0 Å². The van der Waals surface area contributed by atoms with Crippen LogP contribution in [0.15, 0.2) is 23.2 Å². The van der Waals surface area contributed by atoms with Gasteiger partial charge in [-0.2, -0.15) is 0 Å². The second-order valence-electron chi connectivity index (χ2n) is 4.63. The van der Waals surface area contributed by atoms with Crippen LogP contribution in [0.1, 0.15) is 13.3 Å². The van der Waals surface area contributed by atoms with Gasteiger partial charge in [0.05, 0.1) is 6.10 Å². The Kier molecular flexibility index (Phi) is 3.87. The quantitative estimate of drug-likeness (QED) is 0.893. The van der Waals surface area contributed by atoms with Gasteiger partial charge in [-0.05, 0) is 25.5 Å². The molecule has 0 aromatic carbocycles. The lowest BCUT2D eigenvalue weighted by atomic mass is 10.0. The summed E-state index contributed by atoms with van der Waals surface area (Å²) in [6, 6.07) is 3.20. The van der Waals surface area contributed by atoms with Crippen LogP contribution in [0.5, 0.6) is 0 Å². The third kappa shape index (κ3) is 3.00. The Morgan fingerprint density at radius 1 is 1.56 bits per heavy atom. The highest BCUT2D eigenvalue weighted by Crippen LogP contribution is 2.23. The molecule has 1 aliphatic heterocycles. The molecule has 0 aliphatic carbocycles. The lowest BCUT2D eigenvalue weighted by Crippen LogP contribution is -2.22. The molecule has 0 spiro atoms. The first-order valence-corrected chi connectivity index (χ1v) is 7.88. The predicted octanol–water partition coefficient (Wildman–Crippen LogP) is 1.32. The summed E-state index contributed by atoms with van der Waals surface area (Å²) < 4.78 is 28.7.